The maximum atomic E-state index is 12.0. The Hall–Kier alpha value is -6.36. The number of phenolic OH excluding ortho intramolecular Hbond substituents is 2. The fourth-order valence-electron chi connectivity index (χ4n) is 5.46. The molecule has 0 aliphatic heterocycles. The first-order valence-corrected chi connectivity index (χ1v) is 17.6. The minimum atomic E-state index is -4.76. The molecule has 0 aliphatic carbocycles. The molecule has 0 aliphatic rings. The number of hydrogen-bond acceptors (Lipinski definition) is 18. The summed E-state index contributed by atoms with van der Waals surface area (Å²) < 4.78 is 59.4. The van der Waals surface area contributed by atoms with E-state index in [2.05, 4.69) is 61.0 Å². The molecule has 0 spiro atoms. The maximum absolute atomic E-state index is 12.0. The summed E-state index contributed by atoms with van der Waals surface area (Å²) in [6.45, 7) is 3.31. The molecule has 0 fully saturated rings. The fourth-order valence-corrected chi connectivity index (χ4v) is 6.40. The van der Waals surface area contributed by atoms with Crippen LogP contribution in [0.5, 0.6) is 17.2 Å². The van der Waals surface area contributed by atoms with Gasteiger partial charge < -0.3 is 25.0 Å². The zero-order chi connectivity index (χ0) is 38.0. The number of hydrogen-bond donors (Lipinski definition) is 6. The number of phenols is 2. The third kappa shape index (κ3) is 7.79. The first kappa shape index (κ1) is 36.4. The number of rotatable bonds is 11. The zero-order valence-corrected chi connectivity index (χ0v) is 29.7. The molecule has 6 N–H and O–H groups in total. The van der Waals surface area contributed by atoms with Crippen molar-refractivity contribution < 1.29 is 36.1 Å². The average molecular weight is 761 g/mol. The van der Waals surface area contributed by atoms with Crippen LogP contribution in [0.3, 0.4) is 0 Å². The standard InChI is InChI=1S/C31H28N12O8S2/c1-14-34-22(40-30(36-14)38-18-9-5-7-16-11-20(51-52(46)47)26(42-32-3)28(44)24(16)18)13-23-35-15(2)37-31(41-23)39-19-10-6-8-17-12-21(53(48,49)50)27(43-33-4)29(45)25(17)19/h5-12,44-45H,13H2,1-4H3,(H,46,47)(H,48,49,50)(H,34,36,38,40)(H,35,37,39,41). The van der Waals surface area contributed by atoms with E-state index in [0.29, 0.717) is 28.4 Å². The normalized spacial score (nSPS) is 12.6. The van der Waals surface area contributed by atoms with Gasteiger partial charge in [-0.05, 0) is 48.9 Å². The Kier molecular flexibility index (Phi) is 10.1. The van der Waals surface area contributed by atoms with E-state index in [0.717, 1.165) is 0 Å². The van der Waals surface area contributed by atoms with Crippen LogP contribution in [0.15, 0.2) is 73.9 Å². The van der Waals surface area contributed by atoms with Crippen LogP contribution in [-0.2, 0) is 27.9 Å². The molecule has 6 aromatic rings. The molecule has 6 rings (SSSR count). The summed E-state index contributed by atoms with van der Waals surface area (Å²) in [6, 6.07) is 12.3. The average Bonchev–Trinajstić information content (AvgIpc) is 3.06. The van der Waals surface area contributed by atoms with Crippen LogP contribution >= 0.6 is 0 Å². The second kappa shape index (κ2) is 14.7. The summed E-state index contributed by atoms with van der Waals surface area (Å²) in [7, 11) is -2.11. The molecular formula is C31H28N12O8S2. The van der Waals surface area contributed by atoms with E-state index in [-0.39, 0.29) is 63.3 Å². The molecular weight excluding hydrogens is 733 g/mol. The van der Waals surface area contributed by atoms with Crippen molar-refractivity contribution >= 4 is 77.7 Å². The molecule has 0 radical (unpaired) electrons. The lowest BCUT2D eigenvalue weighted by molar-refractivity contribution is 0.452. The summed E-state index contributed by atoms with van der Waals surface area (Å²) in [6.07, 6.45) is 0.0242. The van der Waals surface area contributed by atoms with Crippen molar-refractivity contribution in [2.45, 2.75) is 25.2 Å². The molecule has 20 nitrogen and oxygen atoms in total. The molecule has 4 aromatic carbocycles. The summed E-state index contributed by atoms with van der Waals surface area (Å²) in [4.78, 5) is 26.0. The van der Waals surface area contributed by atoms with Crippen LogP contribution in [-0.4, -0.2) is 75.9 Å². The predicted molar refractivity (Wildman–Crippen MR) is 192 cm³/mol. The lowest BCUT2D eigenvalue weighted by Gasteiger charge is -2.14. The van der Waals surface area contributed by atoms with E-state index in [9.17, 15) is 31.9 Å². The number of nitrogens with zero attached hydrogens (tertiary/aromatic N) is 10. The van der Waals surface area contributed by atoms with Crippen molar-refractivity contribution in [2.75, 3.05) is 24.7 Å². The van der Waals surface area contributed by atoms with Crippen LogP contribution in [0.1, 0.15) is 23.3 Å². The van der Waals surface area contributed by atoms with E-state index in [1.54, 1.807) is 50.2 Å². The van der Waals surface area contributed by atoms with Crippen LogP contribution < -0.4 is 14.8 Å². The number of aromatic hydroxyl groups is 2. The molecule has 0 saturated carbocycles. The van der Waals surface area contributed by atoms with Crippen molar-refractivity contribution in [3.05, 3.63) is 71.8 Å². The van der Waals surface area contributed by atoms with E-state index in [1.807, 2.05) is 0 Å². The Bertz CT molecular complexity index is 2620. The van der Waals surface area contributed by atoms with Crippen LogP contribution in [0.4, 0.5) is 34.6 Å². The van der Waals surface area contributed by atoms with Gasteiger partial charge in [0.1, 0.15) is 33.9 Å². The zero-order valence-electron chi connectivity index (χ0n) is 28.0. The summed E-state index contributed by atoms with van der Waals surface area (Å²) in [5, 5.41) is 44.4. The summed E-state index contributed by atoms with van der Waals surface area (Å²) in [5.41, 5.74) is 0.0579. The Labute approximate surface area is 302 Å². The van der Waals surface area contributed by atoms with Gasteiger partial charge in [-0.25, -0.2) is 9.97 Å². The Balaban J connectivity index is 1.33. The second-order valence-electron chi connectivity index (χ2n) is 11.0. The molecule has 53 heavy (non-hydrogen) atoms. The number of aryl methyl sites for hydroxylation is 2. The first-order chi connectivity index (χ1) is 25.2. The lowest BCUT2D eigenvalue weighted by atomic mass is 10.1. The van der Waals surface area contributed by atoms with Crippen molar-refractivity contribution in [2.24, 2.45) is 20.5 Å². The molecule has 272 valence electrons. The topological polar surface area (TPSA) is 292 Å². The van der Waals surface area contributed by atoms with Gasteiger partial charge in [-0.3, -0.25) is 9.11 Å². The Morgan fingerprint density at radius 1 is 0.755 bits per heavy atom. The minimum absolute atomic E-state index is 0.0242. The summed E-state index contributed by atoms with van der Waals surface area (Å²) >= 11 is -2.68. The minimum Gasteiger partial charge on any atom is -0.505 e. The molecule has 22 heteroatoms. The van der Waals surface area contributed by atoms with Crippen LogP contribution in [0, 0.1) is 13.8 Å². The van der Waals surface area contributed by atoms with E-state index in [1.165, 1.54) is 26.2 Å². The van der Waals surface area contributed by atoms with Gasteiger partial charge in [-0.1, -0.05) is 24.3 Å². The molecule has 2 aromatic heterocycles. The van der Waals surface area contributed by atoms with Crippen molar-refractivity contribution in [1.82, 2.24) is 29.9 Å². The van der Waals surface area contributed by atoms with Crippen molar-refractivity contribution in [1.29, 1.82) is 0 Å². The molecule has 1 unspecified atom stereocenters. The van der Waals surface area contributed by atoms with Gasteiger partial charge in [0, 0.05) is 24.9 Å². The highest BCUT2D eigenvalue weighted by atomic mass is 32.2. The number of benzene rings is 4. The number of aromatic nitrogens is 6. The molecule has 2 heterocycles. The van der Waals surface area contributed by atoms with Crippen molar-refractivity contribution in [3.8, 4) is 17.2 Å². The van der Waals surface area contributed by atoms with E-state index >= 15 is 0 Å². The number of fused-ring (bicyclic) bond motifs is 2. The number of anilines is 4. The highest BCUT2D eigenvalue weighted by Gasteiger charge is 2.24. The van der Waals surface area contributed by atoms with Crippen LogP contribution in [0.2, 0.25) is 0 Å². The molecule has 0 bridgehead atoms. The first-order valence-electron chi connectivity index (χ1n) is 15.2. The Morgan fingerprint density at radius 2 is 1.25 bits per heavy atom. The molecule has 0 amide bonds. The quantitative estimate of drug-likeness (QED) is 0.0527. The number of azo groups is 2. The maximum Gasteiger partial charge on any atom is 0.357 e. The Morgan fingerprint density at radius 3 is 1.74 bits per heavy atom. The fraction of sp³-hybridized carbons (Fsp3) is 0.161. The SMILES string of the molecule is CN=Nc1c(OS(=O)O)cc2cccc(Nc3nc(C)nc(Cc4nc(C)nc(Nc5cccc6cc(S(=O)(=O)O)c(N=NC)c(O)c56)n4)n3)c2c1O. The highest BCUT2D eigenvalue weighted by molar-refractivity contribution is 7.86. The highest BCUT2D eigenvalue weighted by Crippen LogP contribution is 2.47. The van der Waals surface area contributed by atoms with Gasteiger partial charge in [-0.2, -0.15) is 47.9 Å². The largest absolute Gasteiger partial charge is 0.505 e. The van der Waals surface area contributed by atoms with Gasteiger partial charge >= 0.3 is 11.4 Å². The second-order valence-corrected chi connectivity index (χ2v) is 13.0. The molecule has 1 atom stereocenters. The lowest BCUT2D eigenvalue weighted by Crippen LogP contribution is -2.10. The third-order valence-electron chi connectivity index (χ3n) is 7.39. The van der Waals surface area contributed by atoms with Gasteiger partial charge in [0.15, 0.2) is 22.9 Å². The molecule has 0 saturated heterocycles. The van der Waals surface area contributed by atoms with Gasteiger partial charge in [-0.15, -0.1) is 5.11 Å². The van der Waals surface area contributed by atoms with Gasteiger partial charge in [0.25, 0.3) is 10.1 Å². The predicted octanol–water partition coefficient (Wildman–Crippen LogP) is 5.66. The van der Waals surface area contributed by atoms with Gasteiger partial charge in [0.05, 0.1) is 17.8 Å². The van der Waals surface area contributed by atoms with E-state index < -0.39 is 37.8 Å². The van der Waals surface area contributed by atoms with E-state index in [4.69, 9.17) is 4.18 Å². The van der Waals surface area contributed by atoms with Crippen molar-refractivity contribution in [3.63, 3.8) is 0 Å². The summed E-state index contributed by atoms with van der Waals surface area (Å²) in [5.74, 6) is 0.357. The monoisotopic (exact) mass is 760 g/mol. The van der Waals surface area contributed by atoms with Crippen LogP contribution in [0.25, 0.3) is 21.5 Å². The number of nitrogens with one attached hydrogen (secondary N) is 2. The van der Waals surface area contributed by atoms with Gasteiger partial charge in [0.2, 0.25) is 11.9 Å². The smallest absolute Gasteiger partial charge is 0.357 e. The third-order valence-corrected chi connectivity index (χ3v) is 8.58.